The van der Waals surface area contributed by atoms with Gasteiger partial charge in [-0.1, -0.05) is 0 Å². The monoisotopic (exact) mass is 350 g/mol. The lowest BCUT2D eigenvalue weighted by atomic mass is 9.98. The molecule has 25 heavy (non-hydrogen) atoms. The van der Waals surface area contributed by atoms with Gasteiger partial charge in [0.1, 0.15) is 17.1 Å². The third-order valence-electron chi connectivity index (χ3n) is 4.23. The fourth-order valence-corrected chi connectivity index (χ4v) is 2.96. The molecule has 2 heterocycles. The molecule has 0 saturated carbocycles. The molecule has 8 heteroatoms. The van der Waals surface area contributed by atoms with Crippen LogP contribution in [0.25, 0.3) is 0 Å². The summed E-state index contributed by atoms with van der Waals surface area (Å²) >= 11 is 0. The molecule has 1 spiro atoms. The maximum absolute atomic E-state index is 13.1. The van der Waals surface area contributed by atoms with Gasteiger partial charge in [-0.25, -0.2) is 24.4 Å². The van der Waals surface area contributed by atoms with Crippen LogP contribution >= 0.6 is 0 Å². The number of amides is 3. The Morgan fingerprint density at radius 2 is 1.80 bits per heavy atom. The van der Waals surface area contributed by atoms with E-state index >= 15 is 0 Å². The second-order valence-corrected chi connectivity index (χ2v) is 7.40. The summed E-state index contributed by atoms with van der Waals surface area (Å²) in [4.78, 5) is 26.1. The zero-order valence-electron chi connectivity index (χ0n) is 14.6. The lowest BCUT2D eigenvalue weighted by Crippen LogP contribution is -2.59. The van der Waals surface area contributed by atoms with Crippen molar-refractivity contribution in [1.82, 2.24) is 15.6 Å². The van der Waals surface area contributed by atoms with Gasteiger partial charge in [0.15, 0.2) is 0 Å². The average molecular weight is 350 g/mol. The van der Waals surface area contributed by atoms with Crippen LogP contribution in [-0.2, 0) is 4.74 Å². The molecule has 0 radical (unpaired) electrons. The predicted molar refractivity (Wildman–Crippen MR) is 90.3 cm³/mol. The average Bonchev–Trinajstić information content (AvgIpc) is 2.83. The highest BCUT2D eigenvalue weighted by Crippen LogP contribution is 2.28. The van der Waals surface area contributed by atoms with Crippen molar-refractivity contribution in [3.8, 4) is 0 Å². The molecule has 0 bridgehead atoms. The fraction of sp³-hybridized carbons (Fsp3) is 0.529. The smallest absolute Gasteiger partial charge is 0.410 e. The summed E-state index contributed by atoms with van der Waals surface area (Å²) in [6.45, 7) is 6.43. The van der Waals surface area contributed by atoms with Gasteiger partial charge in [0.05, 0.1) is 5.69 Å². The van der Waals surface area contributed by atoms with Gasteiger partial charge < -0.3 is 15.0 Å². The summed E-state index contributed by atoms with van der Waals surface area (Å²) in [7, 11) is 0. The molecule has 2 aliphatic heterocycles. The van der Waals surface area contributed by atoms with Crippen LogP contribution in [0.1, 0.15) is 33.6 Å². The highest BCUT2D eigenvalue weighted by atomic mass is 19.1. The Hall–Kier alpha value is -2.35. The van der Waals surface area contributed by atoms with Gasteiger partial charge in [-0.05, 0) is 45.0 Å². The van der Waals surface area contributed by atoms with E-state index in [4.69, 9.17) is 4.74 Å². The summed E-state index contributed by atoms with van der Waals surface area (Å²) in [6.07, 6.45) is 0.757. The number of likely N-dealkylation sites (tertiary alicyclic amines) is 1. The van der Waals surface area contributed by atoms with E-state index in [-0.39, 0.29) is 17.9 Å². The zero-order chi connectivity index (χ0) is 18.2. The van der Waals surface area contributed by atoms with Crippen molar-refractivity contribution >= 4 is 17.8 Å². The number of hydrazine groups is 1. The SMILES string of the molecule is CC(C)(C)OC(=O)N1CCC2(CC1)NC(=O)N(c1ccc(F)cc1)N2. The topological polar surface area (TPSA) is 73.9 Å². The van der Waals surface area contributed by atoms with E-state index < -0.39 is 11.3 Å². The van der Waals surface area contributed by atoms with E-state index in [1.165, 1.54) is 29.3 Å². The van der Waals surface area contributed by atoms with Crippen molar-refractivity contribution in [2.45, 2.75) is 44.9 Å². The highest BCUT2D eigenvalue weighted by molar-refractivity contribution is 5.93. The highest BCUT2D eigenvalue weighted by Gasteiger charge is 2.45. The van der Waals surface area contributed by atoms with Gasteiger partial charge in [-0.2, -0.15) is 0 Å². The summed E-state index contributed by atoms with van der Waals surface area (Å²) in [5.41, 5.74) is 2.59. The van der Waals surface area contributed by atoms with Crippen LogP contribution < -0.4 is 15.8 Å². The molecule has 2 fully saturated rings. The summed E-state index contributed by atoms with van der Waals surface area (Å²) in [5.74, 6) is -0.358. The van der Waals surface area contributed by atoms with Crippen LogP contribution in [0.4, 0.5) is 19.7 Å². The van der Waals surface area contributed by atoms with Crippen molar-refractivity contribution in [2.75, 3.05) is 18.1 Å². The molecule has 7 nitrogen and oxygen atoms in total. The van der Waals surface area contributed by atoms with Crippen LogP contribution in [0.15, 0.2) is 24.3 Å². The molecular formula is C17H23FN4O3. The Balaban J connectivity index is 1.63. The number of nitrogens with one attached hydrogen (secondary N) is 2. The minimum atomic E-state index is -0.607. The van der Waals surface area contributed by atoms with Crippen LogP contribution in [0, 0.1) is 5.82 Å². The summed E-state index contributed by atoms with van der Waals surface area (Å²) < 4.78 is 18.5. The number of nitrogens with zero attached hydrogens (tertiary/aromatic N) is 2. The Kier molecular flexibility index (Phi) is 4.32. The first-order valence-corrected chi connectivity index (χ1v) is 8.31. The number of halogens is 1. The first-order chi connectivity index (χ1) is 11.7. The second kappa shape index (κ2) is 6.18. The molecule has 3 rings (SSSR count). The first kappa shape index (κ1) is 17.5. The minimum Gasteiger partial charge on any atom is -0.444 e. The second-order valence-electron chi connectivity index (χ2n) is 7.40. The number of carbonyl (C=O) groups excluding carboxylic acids is 2. The van der Waals surface area contributed by atoms with Crippen LogP contribution in [0.5, 0.6) is 0 Å². The fourth-order valence-electron chi connectivity index (χ4n) is 2.96. The zero-order valence-corrected chi connectivity index (χ0v) is 14.6. The van der Waals surface area contributed by atoms with E-state index in [1.807, 2.05) is 20.8 Å². The number of piperidine rings is 1. The molecule has 1 aromatic carbocycles. The number of carbonyl (C=O) groups is 2. The van der Waals surface area contributed by atoms with Gasteiger partial charge >= 0.3 is 12.1 Å². The van der Waals surface area contributed by atoms with Crippen LogP contribution in [-0.4, -0.2) is 41.4 Å². The standard InChI is InChI=1S/C17H23FN4O3/c1-16(2,3)25-15(24)21-10-8-17(9-11-21)19-14(23)22(20-17)13-6-4-12(18)5-7-13/h4-7,20H,8-11H2,1-3H3,(H,19,23). The Morgan fingerprint density at radius 3 is 2.36 bits per heavy atom. The lowest BCUT2D eigenvalue weighted by Gasteiger charge is -2.39. The Morgan fingerprint density at radius 1 is 1.20 bits per heavy atom. The van der Waals surface area contributed by atoms with Crippen molar-refractivity contribution in [3.05, 3.63) is 30.1 Å². The molecule has 2 aliphatic rings. The molecule has 136 valence electrons. The van der Waals surface area contributed by atoms with Gasteiger partial charge in [-0.3, -0.25) is 0 Å². The van der Waals surface area contributed by atoms with Crippen molar-refractivity contribution in [1.29, 1.82) is 0 Å². The molecule has 0 aliphatic carbocycles. The number of hydrogen-bond donors (Lipinski definition) is 2. The van der Waals surface area contributed by atoms with Gasteiger partial charge in [0.25, 0.3) is 0 Å². The van der Waals surface area contributed by atoms with Gasteiger partial charge in [0.2, 0.25) is 0 Å². The number of urea groups is 1. The Labute approximate surface area is 146 Å². The normalized spacial score (nSPS) is 19.9. The van der Waals surface area contributed by atoms with Crippen molar-refractivity contribution < 1.29 is 18.7 Å². The maximum atomic E-state index is 13.1. The van der Waals surface area contributed by atoms with Crippen molar-refractivity contribution in [2.24, 2.45) is 0 Å². The van der Waals surface area contributed by atoms with Crippen molar-refractivity contribution in [3.63, 3.8) is 0 Å². The number of hydrogen-bond acceptors (Lipinski definition) is 4. The summed E-state index contributed by atoms with van der Waals surface area (Å²) in [5, 5.41) is 4.32. The first-order valence-electron chi connectivity index (χ1n) is 8.31. The molecule has 2 saturated heterocycles. The van der Waals surface area contributed by atoms with E-state index in [1.54, 1.807) is 4.90 Å². The van der Waals surface area contributed by atoms with Gasteiger partial charge in [0, 0.05) is 25.9 Å². The van der Waals surface area contributed by atoms with Crippen LogP contribution in [0.2, 0.25) is 0 Å². The van der Waals surface area contributed by atoms with E-state index in [2.05, 4.69) is 10.7 Å². The molecular weight excluding hydrogens is 327 g/mol. The molecule has 0 atom stereocenters. The molecule has 3 amide bonds. The Bertz CT molecular complexity index is 663. The molecule has 1 aromatic rings. The maximum Gasteiger partial charge on any atom is 0.410 e. The molecule has 2 N–H and O–H groups in total. The number of benzene rings is 1. The van der Waals surface area contributed by atoms with E-state index in [9.17, 15) is 14.0 Å². The third-order valence-corrected chi connectivity index (χ3v) is 4.23. The summed E-state index contributed by atoms with van der Waals surface area (Å²) in [6, 6.07) is 5.39. The number of rotatable bonds is 1. The minimum absolute atomic E-state index is 0.294. The van der Waals surface area contributed by atoms with Crippen LogP contribution in [0.3, 0.4) is 0 Å². The quantitative estimate of drug-likeness (QED) is 0.816. The molecule has 0 aromatic heterocycles. The van der Waals surface area contributed by atoms with E-state index in [0.29, 0.717) is 31.6 Å². The molecule has 0 unspecified atom stereocenters. The van der Waals surface area contributed by atoms with E-state index in [0.717, 1.165) is 0 Å². The lowest BCUT2D eigenvalue weighted by molar-refractivity contribution is 0.0147. The van der Waals surface area contributed by atoms with Gasteiger partial charge in [-0.15, -0.1) is 0 Å². The predicted octanol–water partition coefficient (Wildman–Crippen LogP) is 2.59. The number of anilines is 1. The largest absolute Gasteiger partial charge is 0.444 e. The third kappa shape index (κ3) is 3.84. The number of ether oxygens (including phenoxy) is 1.